The minimum absolute atomic E-state index is 0.267. The summed E-state index contributed by atoms with van der Waals surface area (Å²) >= 11 is 0. The summed E-state index contributed by atoms with van der Waals surface area (Å²) in [6.07, 6.45) is 0.894. The number of carbonyl (C=O) groups excluding carboxylic acids is 1. The topological polar surface area (TPSA) is 66.0 Å². The van der Waals surface area contributed by atoms with Crippen molar-refractivity contribution in [2.75, 3.05) is 32.8 Å². The maximum atomic E-state index is 12.6. The van der Waals surface area contributed by atoms with Gasteiger partial charge in [0.1, 0.15) is 11.5 Å². The summed E-state index contributed by atoms with van der Waals surface area (Å²) in [6.45, 7) is 5.00. The summed E-state index contributed by atoms with van der Waals surface area (Å²) in [5, 5.41) is 2.85. The average molecular weight is 359 g/mol. The molecule has 0 aromatic heterocycles. The number of carbonyl (C=O) groups is 1. The first-order valence-corrected chi connectivity index (χ1v) is 8.55. The van der Waals surface area contributed by atoms with Crippen molar-refractivity contribution in [2.45, 2.75) is 20.3 Å². The standard InChI is InChI=1S/C20H25NO5/c1-5-11-26-17-10-7-14(12-19(17)25-6-2)20(22)21-16-9-8-15(23-3)13-18(16)24-4/h7-10,12-13H,5-6,11H2,1-4H3,(H,21,22). The monoisotopic (exact) mass is 359 g/mol. The number of nitrogens with one attached hydrogen (secondary N) is 1. The zero-order chi connectivity index (χ0) is 18.9. The van der Waals surface area contributed by atoms with Gasteiger partial charge in [0.2, 0.25) is 0 Å². The maximum Gasteiger partial charge on any atom is 0.255 e. The molecule has 140 valence electrons. The molecule has 1 amide bonds. The fraction of sp³-hybridized carbons (Fsp3) is 0.350. The van der Waals surface area contributed by atoms with Gasteiger partial charge in [0.05, 0.1) is 33.1 Å². The van der Waals surface area contributed by atoms with Gasteiger partial charge in [-0.2, -0.15) is 0 Å². The van der Waals surface area contributed by atoms with Crippen molar-refractivity contribution in [2.24, 2.45) is 0 Å². The lowest BCUT2D eigenvalue weighted by Crippen LogP contribution is -2.13. The number of methoxy groups -OCH3 is 2. The van der Waals surface area contributed by atoms with Crippen LogP contribution in [0.25, 0.3) is 0 Å². The van der Waals surface area contributed by atoms with E-state index in [1.807, 2.05) is 13.8 Å². The number of rotatable bonds is 9. The van der Waals surface area contributed by atoms with Crippen LogP contribution in [-0.2, 0) is 0 Å². The SMILES string of the molecule is CCCOc1ccc(C(=O)Nc2ccc(OC)cc2OC)cc1OCC. The van der Waals surface area contributed by atoms with E-state index in [-0.39, 0.29) is 5.91 Å². The summed E-state index contributed by atoms with van der Waals surface area (Å²) in [5.74, 6) is 2.08. The van der Waals surface area contributed by atoms with Gasteiger partial charge in [0.25, 0.3) is 5.91 Å². The van der Waals surface area contributed by atoms with E-state index in [0.29, 0.717) is 47.5 Å². The van der Waals surface area contributed by atoms with E-state index in [9.17, 15) is 4.79 Å². The molecule has 0 aliphatic carbocycles. The smallest absolute Gasteiger partial charge is 0.255 e. The fourth-order valence-corrected chi connectivity index (χ4v) is 2.35. The molecule has 2 rings (SSSR count). The van der Waals surface area contributed by atoms with Crippen LogP contribution in [0, 0.1) is 0 Å². The first-order chi connectivity index (χ1) is 12.6. The van der Waals surface area contributed by atoms with Crippen LogP contribution in [0.15, 0.2) is 36.4 Å². The zero-order valence-corrected chi connectivity index (χ0v) is 15.6. The molecule has 0 saturated heterocycles. The van der Waals surface area contributed by atoms with Crippen molar-refractivity contribution in [1.82, 2.24) is 0 Å². The van der Waals surface area contributed by atoms with Gasteiger partial charge in [0, 0.05) is 11.6 Å². The Kier molecular flexibility index (Phi) is 7.14. The van der Waals surface area contributed by atoms with Gasteiger partial charge in [-0.3, -0.25) is 4.79 Å². The molecule has 26 heavy (non-hydrogen) atoms. The Bertz CT molecular complexity index is 745. The van der Waals surface area contributed by atoms with Gasteiger partial charge in [-0.25, -0.2) is 0 Å². The lowest BCUT2D eigenvalue weighted by atomic mass is 10.1. The molecule has 2 aromatic carbocycles. The summed E-state index contributed by atoms with van der Waals surface area (Å²) in [5.41, 5.74) is 1.03. The third kappa shape index (κ3) is 4.81. The first-order valence-electron chi connectivity index (χ1n) is 8.55. The second-order valence-corrected chi connectivity index (χ2v) is 5.46. The molecule has 1 N–H and O–H groups in total. The summed E-state index contributed by atoms with van der Waals surface area (Å²) in [6, 6.07) is 10.3. The Morgan fingerprint density at radius 1 is 0.923 bits per heavy atom. The van der Waals surface area contributed by atoms with E-state index in [2.05, 4.69) is 5.32 Å². The van der Waals surface area contributed by atoms with Crippen LogP contribution in [0.1, 0.15) is 30.6 Å². The highest BCUT2D eigenvalue weighted by atomic mass is 16.5. The largest absolute Gasteiger partial charge is 0.497 e. The minimum atomic E-state index is -0.267. The van der Waals surface area contributed by atoms with Gasteiger partial charge in [-0.05, 0) is 43.7 Å². The maximum absolute atomic E-state index is 12.6. The molecule has 0 aliphatic rings. The molecule has 0 spiro atoms. The molecule has 0 unspecified atom stereocenters. The van der Waals surface area contributed by atoms with Crippen molar-refractivity contribution in [3.63, 3.8) is 0 Å². The molecular formula is C20H25NO5. The number of benzene rings is 2. The van der Waals surface area contributed by atoms with Crippen molar-refractivity contribution in [3.8, 4) is 23.0 Å². The Morgan fingerprint density at radius 2 is 1.73 bits per heavy atom. The predicted molar refractivity (Wildman–Crippen MR) is 101 cm³/mol. The van der Waals surface area contributed by atoms with E-state index in [0.717, 1.165) is 6.42 Å². The number of hydrogen-bond acceptors (Lipinski definition) is 5. The minimum Gasteiger partial charge on any atom is -0.497 e. The zero-order valence-electron chi connectivity index (χ0n) is 15.6. The van der Waals surface area contributed by atoms with Crippen LogP contribution < -0.4 is 24.3 Å². The lowest BCUT2D eigenvalue weighted by molar-refractivity contribution is 0.102. The quantitative estimate of drug-likeness (QED) is 0.729. The highest BCUT2D eigenvalue weighted by molar-refractivity contribution is 6.05. The van der Waals surface area contributed by atoms with Crippen molar-refractivity contribution in [3.05, 3.63) is 42.0 Å². The van der Waals surface area contributed by atoms with Crippen LogP contribution in [0.5, 0.6) is 23.0 Å². The Labute approximate surface area is 154 Å². The van der Waals surface area contributed by atoms with Crippen LogP contribution in [-0.4, -0.2) is 33.3 Å². The molecule has 0 bridgehead atoms. The molecule has 6 nitrogen and oxygen atoms in total. The molecule has 6 heteroatoms. The highest BCUT2D eigenvalue weighted by Gasteiger charge is 2.14. The lowest BCUT2D eigenvalue weighted by Gasteiger charge is -2.14. The van der Waals surface area contributed by atoms with E-state index < -0.39 is 0 Å². The van der Waals surface area contributed by atoms with Gasteiger partial charge in [-0.1, -0.05) is 6.92 Å². The van der Waals surface area contributed by atoms with Crippen LogP contribution in [0.4, 0.5) is 5.69 Å². The van der Waals surface area contributed by atoms with Crippen LogP contribution >= 0.6 is 0 Å². The Morgan fingerprint density at radius 3 is 2.38 bits per heavy atom. The molecular weight excluding hydrogens is 334 g/mol. The molecule has 0 atom stereocenters. The molecule has 0 fully saturated rings. The van der Waals surface area contributed by atoms with Crippen molar-refractivity contribution >= 4 is 11.6 Å². The van der Waals surface area contributed by atoms with Crippen LogP contribution in [0.3, 0.4) is 0 Å². The number of ether oxygens (including phenoxy) is 4. The predicted octanol–water partition coefficient (Wildman–Crippen LogP) is 4.14. The highest BCUT2D eigenvalue weighted by Crippen LogP contribution is 2.31. The average Bonchev–Trinajstić information content (AvgIpc) is 2.67. The summed E-state index contributed by atoms with van der Waals surface area (Å²) in [4.78, 5) is 12.6. The normalized spacial score (nSPS) is 10.2. The van der Waals surface area contributed by atoms with Gasteiger partial charge < -0.3 is 24.3 Å². The van der Waals surface area contributed by atoms with Gasteiger partial charge >= 0.3 is 0 Å². The number of hydrogen-bond donors (Lipinski definition) is 1. The molecule has 0 aliphatic heterocycles. The summed E-state index contributed by atoms with van der Waals surface area (Å²) < 4.78 is 21.7. The number of amides is 1. The molecule has 0 radical (unpaired) electrons. The van der Waals surface area contributed by atoms with Crippen molar-refractivity contribution in [1.29, 1.82) is 0 Å². The molecule has 0 saturated carbocycles. The fourth-order valence-electron chi connectivity index (χ4n) is 2.35. The Balaban J connectivity index is 2.22. The van der Waals surface area contributed by atoms with E-state index in [4.69, 9.17) is 18.9 Å². The van der Waals surface area contributed by atoms with Gasteiger partial charge in [0.15, 0.2) is 11.5 Å². The van der Waals surface area contributed by atoms with E-state index >= 15 is 0 Å². The van der Waals surface area contributed by atoms with Crippen molar-refractivity contribution < 1.29 is 23.7 Å². The molecule has 0 heterocycles. The second kappa shape index (κ2) is 9.56. The first kappa shape index (κ1) is 19.4. The summed E-state index contributed by atoms with van der Waals surface area (Å²) in [7, 11) is 3.11. The Hall–Kier alpha value is -2.89. The number of anilines is 1. The third-order valence-corrected chi connectivity index (χ3v) is 3.62. The van der Waals surface area contributed by atoms with Gasteiger partial charge in [-0.15, -0.1) is 0 Å². The third-order valence-electron chi connectivity index (χ3n) is 3.62. The van der Waals surface area contributed by atoms with E-state index in [1.54, 1.807) is 43.5 Å². The molecule has 2 aromatic rings. The van der Waals surface area contributed by atoms with Crippen LogP contribution in [0.2, 0.25) is 0 Å². The second-order valence-electron chi connectivity index (χ2n) is 5.46. The van der Waals surface area contributed by atoms with E-state index in [1.165, 1.54) is 7.11 Å².